The minimum absolute atomic E-state index is 0.0861. The van der Waals surface area contributed by atoms with Crippen LogP contribution in [0.1, 0.15) is 21.9 Å². The first-order valence-electron chi connectivity index (χ1n) is 11.2. The van der Waals surface area contributed by atoms with Crippen molar-refractivity contribution in [1.29, 1.82) is 5.26 Å². The molecule has 0 aliphatic carbocycles. The third kappa shape index (κ3) is 5.53. The minimum atomic E-state index is -0.535. The summed E-state index contributed by atoms with van der Waals surface area (Å²) in [4.78, 5) is 20.9. The molecular formula is C27H20Cl2N4O2S. The highest BCUT2D eigenvalue weighted by atomic mass is 35.5. The average molecular weight is 535 g/mol. The van der Waals surface area contributed by atoms with Gasteiger partial charge < -0.3 is 4.42 Å². The second-order valence-corrected chi connectivity index (χ2v) is 10.2. The zero-order chi connectivity index (χ0) is 25.1. The maximum Gasteiger partial charge on any atom is 0.268 e. The lowest BCUT2D eigenvalue weighted by molar-refractivity contribution is -0.112. The van der Waals surface area contributed by atoms with Gasteiger partial charge in [-0.25, -0.2) is 4.98 Å². The van der Waals surface area contributed by atoms with Crippen molar-refractivity contribution in [3.63, 3.8) is 0 Å². The summed E-state index contributed by atoms with van der Waals surface area (Å²) >= 11 is 13.7. The number of hydrogen-bond donors (Lipinski definition) is 1. The molecule has 2 aromatic carbocycles. The van der Waals surface area contributed by atoms with Crippen LogP contribution in [0.15, 0.2) is 70.7 Å². The molecule has 0 unspecified atom stereocenters. The fraction of sp³-hybridized carbons (Fsp3) is 0.148. The predicted molar refractivity (Wildman–Crippen MR) is 143 cm³/mol. The topological polar surface area (TPSA) is 82.2 Å². The standard InChI is InChI=1S/C27H20Cl2N4O2S/c28-19-6-8-21(22(29)13-19)24-9-7-20(35-24)12-18(14-30)26(34)32-27-31-23-10-11-33(16-25(23)36-27)15-17-4-2-1-3-5-17/h1-9,12-13H,10-11,15-16H2,(H,31,32,34). The summed E-state index contributed by atoms with van der Waals surface area (Å²) in [5.74, 6) is 0.332. The van der Waals surface area contributed by atoms with E-state index in [0.717, 1.165) is 36.6 Å². The van der Waals surface area contributed by atoms with E-state index in [1.807, 2.05) is 24.3 Å². The molecule has 36 heavy (non-hydrogen) atoms. The van der Waals surface area contributed by atoms with Crippen molar-refractivity contribution in [2.24, 2.45) is 0 Å². The average Bonchev–Trinajstić information content (AvgIpc) is 3.49. The first kappa shape index (κ1) is 24.3. The second kappa shape index (κ2) is 10.7. The molecule has 1 amide bonds. The number of aromatic nitrogens is 1. The van der Waals surface area contributed by atoms with E-state index in [4.69, 9.17) is 27.6 Å². The van der Waals surface area contributed by atoms with E-state index < -0.39 is 5.91 Å². The quantitative estimate of drug-likeness (QED) is 0.217. The number of thiazole rings is 1. The Morgan fingerprint density at radius 3 is 2.81 bits per heavy atom. The number of benzene rings is 2. The number of hydrogen-bond acceptors (Lipinski definition) is 6. The van der Waals surface area contributed by atoms with Crippen LogP contribution < -0.4 is 5.32 Å². The van der Waals surface area contributed by atoms with E-state index in [1.165, 1.54) is 23.0 Å². The number of rotatable bonds is 6. The van der Waals surface area contributed by atoms with Crippen molar-refractivity contribution in [2.45, 2.75) is 19.5 Å². The van der Waals surface area contributed by atoms with Crippen LogP contribution in [0, 0.1) is 11.3 Å². The van der Waals surface area contributed by atoms with Gasteiger partial charge in [-0.1, -0.05) is 53.5 Å². The molecule has 9 heteroatoms. The van der Waals surface area contributed by atoms with Crippen LogP contribution in [0.5, 0.6) is 0 Å². The van der Waals surface area contributed by atoms with E-state index in [0.29, 0.717) is 32.3 Å². The maximum atomic E-state index is 12.8. The normalized spacial score (nSPS) is 13.8. The van der Waals surface area contributed by atoms with Gasteiger partial charge in [-0.15, -0.1) is 11.3 Å². The lowest BCUT2D eigenvalue weighted by Gasteiger charge is -2.25. The van der Waals surface area contributed by atoms with Gasteiger partial charge in [-0.2, -0.15) is 5.26 Å². The smallest absolute Gasteiger partial charge is 0.268 e. The van der Waals surface area contributed by atoms with Gasteiger partial charge in [-0.05, 0) is 35.9 Å². The number of carbonyl (C=O) groups is 1. The Morgan fingerprint density at radius 2 is 2.03 bits per heavy atom. The molecule has 0 saturated carbocycles. The van der Waals surface area contributed by atoms with Crippen molar-refractivity contribution in [2.75, 3.05) is 11.9 Å². The second-order valence-electron chi connectivity index (χ2n) is 8.29. The van der Waals surface area contributed by atoms with Crippen molar-refractivity contribution in [3.05, 3.63) is 98.2 Å². The van der Waals surface area contributed by atoms with Crippen LogP contribution in [0.4, 0.5) is 5.13 Å². The molecule has 0 radical (unpaired) electrons. The van der Waals surface area contributed by atoms with E-state index in [-0.39, 0.29) is 5.57 Å². The molecule has 0 spiro atoms. The molecule has 0 atom stereocenters. The lowest BCUT2D eigenvalue weighted by atomic mass is 10.1. The highest BCUT2D eigenvalue weighted by Crippen LogP contribution is 2.32. The Morgan fingerprint density at radius 1 is 1.19 bits per heavy atom. The highest BCUT2D eigenvalue weighted by molar-refractivity contribution is 7.15. The molecule has 1 aliphatic heterocycles. The number of furan rings is 1. The summed E-state index contributed by atoms with van der Waals surface area (Å²) in [5.41, 5.74) is 2.84. The molecule has 6 nitrogen and oxygen atoms in total. The Hall–Kier alpha value is -3.41. The Balaban J connectivity index is 1.26. The number of carbonyl (C=O) groups excluding carboxylic acids is 1. The molecular weight excluding hydrogens is 515 g/mol. The molecule has 0 bridgehead atoms. The number of halogens is 2. The van der Waals surface area contributed by atoms with Crippen LogP contribution in [0.3, 0.4) is 0 Å². The fourth-order valence-electron chi connectivity index (χ4n) is 4.00. The summed E-state index contributed by atoms with van der Waals surface area (Å²) in [5, 5.41) is 13.8. The van der Waals surface area contributed by atoms with Gasteiger partial charge in [0.15, 0.2) is 5.13 Å². The Kier molecular flexibility index (Phi) is 7.21. The van der Waals surface area contributed by atoms with Crippen molar-refractivity contribution in [1.82, 2.24) is 9.88 Å². The van der Waals surface area contributed by atoms with Crippen LogP contribution in [-0.2, 0) is 24.3 Å². The van der Waals surface area contributed by atoms with Crippen LogP contribution in [0.25, 0.3) is 17.4 Å². The largest absolute Gasteiger partial charge is 0.457 e. The first-order chi connectivity index (χ1) is 17.5. The summed E-state index contributed by atoms with van der Waals surface area (Å²) < 4.78 is 5.80. The van der Waals surface area contributed by atoms with Crippen LogP contribution in [-0.4, -0.2) is 22.3 Å². The molecule has 5 rings (SSSR count). The first-order valence-corrected chi connectivity index (χ1v) is 12.8. The minimum Gasteiger partial charge on any atom is -0.457 e. The number of anilines is 1. The lowest BCUT2D eigenvalue weighted by Crippen LogP contribution is -2.29. The number of nitrogens with one attached hydrogen (secondary N) is 1. The van der Waals surface area contributed by atoms with Gasteiger partial charge >= 0.3 is 0 Å². The molecule has 1 N–H and O–H groups in total. The van der Waals surface area contributed by atoms with Crippen LogP contribution in [0.2, 0.25) is 10.0 Å². The van der Waals surface area contributed by atoms with Crippen molar-refractivity contribution in [3.8, 4) is 17.4 Å². The maximum absolute atomic E-state index is 12.8. The number of fused-ring (bicyclic) bond motifs is 1. The molecule has 0 fully saturated rings. The fourth-order valence-corrected chi connectivity index (χ4v) is 5.55. The van der Waals surface area contributed by atoms with Gasteiger partial charge in [0.2, 0.25) is 0 Å². The monoisotopic (exact) mass is 534 g/mol. The van der Waals surface area contributed by atoms with E-state index >= 15 is 0 Å². The van der Waals surface area contributed by atoms with Crippen molar-refractivity contribution < 1.29 is 9.21 Å². The molecule has 3 heterocycles. The van der Waals surface area contributed by atoms with E-state index in [2.05, 4.69) is 27.3 Å². The zero-order valence-corrected chi connectivity index (χ0v) is 21.3. The Bertz CT molecular complexity index is 1490. The van der Waals surface area contributed by atoms with Gasteiger partial charge in [0.25, 0.3) is 5.91 Å². The van der Waals surface area contributed by atoms with E-state index in [1.54, 1.807) is 30.3 Å². The molecule has 1 aliphatic rings. The molecule has 2 aromatic heterocycles. The third-order valence-electron chi connectivity index (χ3n) is 5.75. The van der Waals surface area contributed by atoms with Gasteiger partial charge in [0.1, 0.15) is 23.2 Å². The predicted octanol–water partition coefficient (Wildman–Crippen LogP) is 6.81. The summed E-state index contributed by atoms with van der Waals surface area (Å²) in [6.07, 6.45) is 2.22. The number of amides is 1. The third-order valence-corrected chi connectivity index (χ3v) is 7.30. The SMILES string of the molecule is N#CC(=Cc1ccc(-c2ccc(Cl)cc2Cl)o1)C(=O)Nc1nc2c(s1)CN(Cc1ccccc1)CC2. The molecule has 180 valence electrons. The molecule has 4 aromatic rings. The van der Waals surface area contributed by atoms with Crippen LogP contribution >= 0.6 is 34.5 Å². The zero-order valence-electron chi connectivity index (χ0n) is 19.0. The highest BCUT2D eigenvalue weighted by Gasteiger charge is 2.22. The number of nitrogens with zero attached hydrogens (tertiary/aromatic N) is 3. The molecule has 0 saturated heterocycles. The van der Waals surface area contributed by atoms with E-state index in [9.17, 15) is 10.1 Å². The van der Waals surface area contributed by atoms with Crippen molar-refractivity contribution >= 4 is 51.7 Å². The van der Waals surface area contributed by atoms with Gasteiger partial charge in [0, 0.05) is 47.6 Å². The van der Waals surface area contributed by atoms with Gasteiger partial charge in [0.05, 0.1) is 10.7 Å². The Labute approximate surface area is 222 Å². The van der Waals surface area contributed by atoms with Gasteiger partial charge in [-0.3, -0.25) is 15.0 Å². The summed E-state index contributed by atoms with van der Waals surface area (Å²) in [7, 11) is 0. The number of nitriles is 1. The summed E-state index contributed by atoms with van der Waals surface area (Å²) in [6, 6.07) is 20.8. The summed E-state index contributed by atoms with van der Waals surface area (Å²) in [6.45, 7) is 2.55.